The van der Waals surface area contributed by atoms with Gasteiger partial charge in [0, 0.05) is 18.7 Å². The molecule has 1 aliphatic heterocycles. The number of hydrogen-bond donors (Lipinski definition) is 1. The second-order valence-corrected chi connectivity index (χ2v) is 9.39. The van der Waals surface area contributed by atoms with Crippen molar-refractivity contribution in [2.24, 2.45) is 0 Å². The summed E-state index contributed by atoms with van der Waals surface area (Å²) in [5.41, 5.74) is 2.12. The third-order valence-corrected chi connectivity index (χ3v) is 6.22. The maximum atomic E-state index is 13.2. The number of carbonyl (C=O) groups excluding carboxylic acids is 2. The molecule has 0 saturated carbocycles. The lowest BCUT2D eigenvalue weighted by Crippen LogP contribution is -2.35. The Morgan fingerprint density at radius 3 is 2.25 bits per heavy atom. The molecule has 7 nitrogen and oxygen atoms in total. The highest BCUT2D eigenvalue weighted by Gasteiger charge is 2.46. The number of likely N-dealkylation sites (N-methyl/N-ethyl adjacent to an activating group) is 1. The van der Waals surface area contributed by atoms with E-state index in [9.17, 15) is 14.7 Å². The highest BCUT2D eigenvalue weighted by Crippen LogP contribution is 2.40. The first kappa shape index (κ1) is 27.3. The van der Waals surface area contributed by atoms with E-state index in [0.29, 0.717) is 37.6 Å². The number of aliphatic hydroxyl groups is 1. The van der Waals surface area contributed by atoms with E-state index in [1.807, 2.05) is 63.2 Å². The van der Waals surface area contributed by atoms with Gasteiger partial charge in [0.2, 0.25) is 0 Å². The lowest BCUT2D eigenvalue weighted by atomic mass is 9.94. The van der Waals surface area contributed by atoms with E-state index in [2.05, 4.69) is 6.92 Å². The molecule has 0 aliphatic carbocycles. The largest absolute Gasteiger partial charge is 0.507 e. The Bertz CT molecular complexity index is 1090. The SMILES string of the molecule is CCCCOc1ccc(C(O)=C2C(=O)C(=O)N(CCN(C)C)C2c2ccc(OCCC)cc2)c(C)c1. The van der Waals surface area contributed by atoms with Crippen LogP contribution < -0.4 is 9.47 Å². The van der Waals surface area contributed by atoms with Crippen molar-refractivity contribution in [1.82, 2.24) is 9.80 Å². The lowest BCUT2D eigenvalue weighted by Gasteiger charge is -2.27. The average molecular weight is 495 g/mol. The highest BCUT2D eigenvalue weighted by molar-refractivity contribution is 6.46. The topological polar surface area (TPSA) is 79.3 Å². The number of rotatable bonds is 12. The molecule has 1 N–H and O–H groups in total. The number of nitrogens with zero attached hydrogens (tertiary/aromatic N) is 2. The summed E-state index contributed by atoms with van der Waals surface area (Å²) in [5, 5.41) is 11.4. The van der Waals surface area contributed by atoms with Crippen LogP contribution in [0.5, 0.6) is 11.5 Å². The van der Waals surface area contributed by atoms with Gasteiger partial charge in [-0.2, -0.15) is 0 Å². The second-order valence-electron chi connectivity index (χ2n) is 9.39. The van der Waals surface area contributed by atoms with Gasteiger partial charge in [-0.25, -0.2) is 0 Å². The minimum absolute atomic E-state index is 0.101. The summed E-state index contributed by atoms with van der Waals surface area (Å²) in [6.45, 7) is 8.18. The number of Topliss-reactive ketones (excluding diaryl/α,β-unsaturated/α-hetero) is 1. The van der Waals surface area contributed by atoms with Crippen LogP contribution in [0.2, 0.25) is 0 Å². The summed E-state index contributed by atoms with van der Waals surface area (Å²) in [5.74, 6) is -0.0183. The molecule has 2 aromatic rings. The van der Waals surface area contributed by atoms with E-state index >= 15 is 0 Å². The summed E-state index contributed by atoms with van der Waals surface area (Å²) in [6.07, 6.45) is 2.89. The van der Waals surface area contributed by atoms with Crippen LogP contribution >= 0.6 is 0 Å². The van der Waals surface area contributed by atoms with Crippen LogP contribution in [0.15, 0.2) is 48.0 Å². The molecule has 0 aromatic heterocycles. The summed E-state index contributed by atoms with van der Waals surface area (Å²) in [6, 6.07) is 12.1. The number of hydrogen-bond acceptors (Lipinski definition) is 6. The predicted octanol–water partition coefficient (Wildman–Crippen LogP) is 4.95. The fraction of sp³-hybridized carbons (Fsp3) is 0.448. The van der Waals surface area contributed by atoms with Crippen molar-refractivity contribution in [2.75, 3.05) is 40.4 Å². The smallest absolute Gasteiger partial charge is 0.295 e. The van der Waals surface area contributed by atoms with Gasteiger partial charge in [-0.05, 0) is 75.3 Å². The molecular formula is C29H38N2O5. The number of benzene rings is 2. The minimum atomic E-state index is -0.690. The Labute approximate surface area is 214 Å². The van der Waals surface area contributed by atoms with Crippen molar-refractivity contribution >= 4 is 17.4 Å². The molecule has 194 valence electrons. The standard InChI is InChI=1S/C29H38N2O5/c1-6-8-18-36-23-13-14-24(20(3)19-23)27(32)25-26(21-9-11-22(12-10-21)35-17-7-2)31(16-15-30(4)5)29(34)28(25)33/h9-14,19,26,32H,6-8,15-18H2,1-5H3. The second kappa shape index (κ2) is 12.6. The van der Waals surface area contributed by atoms with Crippen molar-refractivity contribution in [3.8, 4) is 11.5 Å². The number of likely N-dealkylation sites (tertiary alicyclic amines) is 1. The fourth-order valence-electron chi connectivity index (χ4n) is 4.20. The van der Waals surface area contributed by atoms with E-state index in [1.165, 1.54) is 0 Å². The number of ketones is 1. The minimum Gasteiger partial charge on any atom is -0.507 e. The first-order valence-corrected chi connectivity index (χ1v) is 12.7. The Hall–Kier alpha value is -3.32. The number of amides is 1. The maximum absolute atomic E-state index is 13.2. The van der Waals surface area contributed by atoms with Crippen molar-refractivity contribution < 1.29 is 24.2 Å². The van der Waals surface area contributed by atoms with Gasteiger partial charge >= 0.3 is 0 Å². The van der Waals surface area contributed by atoms with Crippen LogP contribution in [0.3, 0.4) is 0 Å². The molecule has 1 saturated heterocycles. The zero-order chi connectivity index (χ0) is 26.2. The molecule has 0 bridgehead atoms. The van der Waals surface area contributed by atoms with Crippen LogP contribution in [-0.2, 0) is 9.59 Å². The van der Waals surface area contributed by atoms with Gasteiger partial charge in [-0.3, -0.25) is 9.59 Å². The summed E-state index contributed by atoms with van der Waals surface area (Å²) in [4.78, 5) is 29.9. The van der Waals surface area contributed by atoms with Gasteiger partial charge in [0.1, 0.15) is 17.3 Å². The monoisotopic (exact) mass is 494 g/mol. The molecule has 1 amide bonds. The van der Waals surface area contributed by atoms with Gasteiger partial charge in [0.25, 0.3) is 11.7 Å². The zero-order valence-electron chi connectivity index (χ0n) is 22.0. The average Bonchev–Trinajstić information content (AvgIpc) is 3.11. The first-order valence-electron chi connectivity index (χ1n) is 12.7. The van der Waals surface area contributed by atoms with Crippen LogP contribution in [0.4, 0.5) is 0 Å². The Balaban J connectivity index is 2.03. The van der Waals surface area contributed by atoms with E-state index in [1.54, 1.807) is 17.0 Å². The fourth-order valence-corrected chi connectivity index (χ4v) is 4.20. The summed E-state index contributed by atoms with van der Waals surface area (Å²) < 4.78 is 11.5. The Morgan fingerprint density at radius 2 is 1.64 bits per heavy atom. The van der Waals surface area contributed by atoms with E-state index < -0.39 is 17.7 Å². The maximum Gasteiger partial charge on any atom is 0.295 e. The van der Waals surface area contributed by atoms with Crippen molar-refractivity contribution in [3.05, 3.63) is 64.7 Å². The molecule has 36 heavy (non-hydrogen) atoms. The highest BCUT2D eigenvalue weighted by atomic mass is 16.5. The first-order chi connectivity index (χ1) is 17.3. The van der Waals surface area contributed by atoms with Crippen LogP contribution in [-0.4, -0.2) is 67.0 Å². The zero-order valence-corrected chi connectivity index (χ0v) is 22.0. The van der Waals surface area contributed by atoms with Gasteiger partial charge in [-0.15, -0.1) is 0 Å². The van der Waals surface area contributed by atoms with Crippen LogP contribution in [0, 0.1) is 6.92 Å². The van der Waals surface area contributed by atoms with Gasteiger partial charge < -0.3 is 24.4 Å². The number of ether oxygens (including phenoxy) is 2. The van der Waals surface area contributed by atoms with E-state index in [4.69, 9.17) is 9.47 Å². The molecule has 1 unspecified atom stereocenters. The molecule has 3 rings (SSSR count). The third-order valence-electron chi connectivity index (χ3n) is 6.22. The molecule has 1 atom stereocenters. The summed E-state index contributed by atoms with van der Waals surface area (Å²) >= 11 is 0. The lowest BCUT2D eigenvalue weighted by molar-refractivity contribution is -0.140. The van der Waals surface area contributed by atoms with Crippen molar-refractivity contribution in [1.29, 1.82) is 0 Å². The number of aryl methyl sites for hydroxylation is 1. The normalized spacial score (nSPS) is 17.2. The van der Waals surface area contributed by atoms with Crippen LogP contribution in [0.1, 0.15) is 55.8 Å². The van der Waals surface area contributed by atoms with Crippen molar-refractivity contribution in [2.45, 2.75) is 46.1 Å². The molecular weight excluding hydrogens is 456 g/mol. The number of aliphatic hydroxyl groups excluding tert-OH is 1. The molecule has 2 aromatic carbocycles. The van der Waals surface area contributed by atoms with Gasteiger partial charge in [0.15, 0.2) is 0 Å². The van der Waals surface area contributed by atoms with Gasteiger partial charge in [-0.1, -0.05) is 32.4 Å². The Kier molecular flexibility index (Phi) is 9.53. The van der Waals surface area contributed by atoms with Crippen LogP contribution in [0.25, 0.3) is 5.76 Å². The summed E-state index contributed by atoms with van der Waals surface area (Å²) in [7, 11) is 3.83. The molecule has 7 heteroatoms. The number of carbonyl (C=O) groups is 2. The molecule has 1 fully saturated rings. The quantitative estimate of drug-likeness (QED) is 0.195. The van der Waals surface area contributed by atoms with Gasteiger partial charge in [0.05, 0.1) is 24.8 Å². The van der Waals surface area contributed by atoms with E-state index in [0.717, 1.165) is 36.1 Å². The molecule has 0 spiro atoms. The molecule has 1 heterocycles. The Morgan fingerprint density at radius 1 is 0.972 bits per heavy atom. The van der Waals surface area contributed by atoms with Crippen molar-refractivity contribution in [3.63, 3.8) is 0 Å². The molecule has 1 aliphatic rings. The van der Waals surface area contributed by atoms with E-state index in [-0.39, 0.29) is 11.3 Å². The predicted molar refractivity (Wildman–Crippen MR) is 141 cm³/mol. The number of unbranched alkanes of at least 4 members (excludes halogenated alkanes) is 1. The third kappa shape index (κ3) is 6.26. The molecule has 0 radical (unpaired) electrons.